The standard InChI is InChI=1S/C23H24N2O4/c1-16(23(27)28)14-18-8-10-20(11-9-18)29-13-12-25-17(2)24-21(15-22(25)26)19-6-4-3-5-7-19/h3-11,15-16H,12-14H2,1-2H3,(H,27,28). The molecule has 0 amide bonds. The topological polar surface area (TPSA) is 81.4 Å². The van der Waals surface area contributed by atoms with Crippen molar-refractivity contribution in [2.75, 3.05) is 6.61 Å². The second-order valence-electron chi connectivity index (χ2n) is 6.98. The molecular weight excluding hydrogens is 368 g/mol. The maximum absolute atomic E-state index is 12.5. The van der Waals surface area contributed by atoms with Gasteiger partial charge in [0.05, 0.1) is 18.2 Å². The van der Waals surface area contributed by atoms with Gasteiger partial charge in [-0.25, -0.2) is 4.98 Å². The lowest BCUT2D eigenvalue weighted by atomic mass is 10.0. The number of hydrogen-bond donors (Lipinski definition) is 1. The number of hydrogen-bond acceptors (Lipinski definition) is 4. The summed E-state index contributed by atoms with van der Waals surface area (Å²) >= 11 is 0. The molecule has 3 aromatic rings. The molecule has 0 aliphatic rings. The van der Waals surface area contributed by atoms with Gasteiger partial charge in [-0.05, 0) is 31.0 Å². The number of nitrogens with zero attached hydrogens (tertiary/aromatic N) is 2. The van der Waals surface area contributed by atoms with Gasteiger partial charge in [0, 0.05) is 11.6 Å². The van der Waals surface area contributed by atoms with Crippen LogP contribution in [0.3, 0.4) is 0 Å². The van der Waals surface area contributed by atoms with Gasteiger partial charge < -0.3 is 9.84 Å². The van der Waals surface area contributed by atoms with Gasteiger partial charge in [0.1, 0.15) is 18.2 Å². The molecule has 0 spiro atoms. The van der Waals surface area contributed by atoms with E-state index in [1.54, 1.807) is 17.6 Å². The van der Waals surface area contributed by atoms with Crippen molar-refractivity contribution >= 4 is 5.97 Å². The lowest BCUT2D eigenvalue weighted by Gasteiger charge is -2.12. The number of aromatic nitrogens is 2. The van der Waals surface area contributed by atoms with E-state index in [1.807, 2.05) is 61.5 Å². The van der Waals surface area contributed by atoms with E-state index in [0.717, 1.165) is 11.1 Å². The molecule has 150 valence electrons. The van der Waals surface area contributed by atoms with Gasteiger partial charge in [0.2, 0.25) is 0 Å². The van der Waals surface area contributed by atoms with E-state index < -0.39 is 11.9 Å². The highest BCUT2D eigenvalue weighted by molar-refractivity contribution is 5.69. The number of rotatable bonds is 8. The molecule has 0 bridgehead atoms. The second kappa shape index (κ2) is 9.19. The molecule has 2 aromatic carbocycles. The number of carbonyl (C=O) groups is 1. The first kappa shape index (κ1) is 20.3. The predicted molar refractivity (Wildman–Crippen MR) is 111 cm³/mol. The summed E-state index contributed by atoms with van der Waals surface area (Å²) in [6, 6.07) is 18.5. The minimum Gasteiger partial charge on any atom is -0.492 e. The Bertz CT molecular complexity index is 1030. The monoisotopic (exact) mass is 392 g/mol. The molecule has 0 aliphatic heterocycles. The van der Waals surface area contributed by atoms with Crippen molar-refractivity contribution in [3.63, 3.8) is 0 Å². The van der Waals surface area contributed by atoms with E-state index in [1.165, 1.54) is 0 Å². The second-order valence-corrected chi connectivity index (χ2v) is 6.98. The fourth-order valence-corrected chi connectivity index (χ4v) is 3.07. The first-order valence-corrected chi connectivity index (χ1v) is 9.52. The molecule has 1 heterocycles. The van der Waals surface area contributed by atoms with Gasteiger partial charge in [-0.2, -0.15) is 0 Å². The van der Waals surface area contributed by atoms with Crippen LogP contribution in [0.2, 0.25) is 0 Å². The summed E-state index contributed by atoms with van der Waals surface area (Å²) < 4.78 is 7.33. The predicted octanol–water partition coefficient (Wildman–Crippen LogP) is 3.56. The molecular formula is C23H24N2O4. The molecule has 1 N–H and O–H groups in total. The number of carboxylic acid groups (broad SMARTS) is 1. The fraction of sp³-hybridized carbons (Fsp3) is 0.261. The smallest absolute Gasteiger partial charge is 0.306 e. The summed E-state index contributed by atoms with van der Waals surface area (Å²) in [5.74, 6) is 0.0789. The molecule has 0 saturated heterocycles. The van der Waals surface area contributed by atoms with Crippen LogP contribution in [-0.4, -0.2) is 27.2 Å². The molecule has 0 radical (unpaired) electrons. The summed E-state index contributed by atoms with van der Waals surface area (Å²) in [5, 5.41) is 8.99. The van der Waals surface area contributed by atoms with Crippen LogP contribution in [0, 0.1) is 12.8 Å². The summed E-state index contributed by atoms with van der Waals surface area (Å²) in [5.41, 5.74) is 2.41. The van der Waals surface area contributed by atoms with Crippen LogP contribution in [-0.2, 0) is 17.8 Å². The van der Waals surface area contributed by atoms with Gasteiger partial charge in [0.15, 0.2) is 0 Å². The van der Waals surface area contributed by atoms with Gasteiger partial charge in [-0.1, -0.05) is 49.4 Å². The average Bonchev–Trinajstić information content (AvgIpc) is 2.71. The Morgan fingerprint density at radius 3 is 2.45 bits per heavy atom. The minimum atomic E-state index is -0.807. The molecule has 1 aromatic heterocycles. The van der Waals surface area contributed by atoms with Crippen molar-refractivity contribution < 1.29 is 14.6 Å². The number of aryl methyl sites for hydroxylation is 1. The molecule has 0 aliphatic carbocycles. The zero-order chi connectivity index (χ0) is 20.8. The highest BCUT2D eigenvalue weighted by atomic mass is 16.5. The molecule has 1 unspecified atom stereocenters. The molecule has 6 nitrogen and oxygen atoms in total. The van der Waals surface area contributed by atoms with E-state index >= 15 is 0 Å². The van der Waals surface area contributed by atoms with Gasteiger partial charge in [-0.3, -0.25) is 14.2 Å². The lowest BCUT2D eigenvalue weighted by Crippen LogP contribution is -2.26. The molecule has 3 rings (SSSR count). The number of ether oxygens (including phenoxy) is 1. The minimum absolute atomic E-state index is 0.113. The number of carboxylic acids is 1. The summed E-state index contributed by atoms with van der Waals surface area (Å²) in [6.07, 6.45) is 0.476. The van der Waals surface area contributed by atoms with Gasteiger partial charge in [0.25, 0.3) is 5.56 Å². The molecule has 6 heteroatoms. The molecule has 29 heavy (non-hydrogen) atoms. The van der Waals surface area contributed by atoms with E-state index in [4.69, 9.17) is 9.84 Å². The SMILES string of the molecule is Cc1nc(-c2ccccc2)cc(=O)n1CCOc1ccc(CC(C)C(=O)O)cc1. The highest BCUT2D eigenvalue weighted by Crippen LogP contribution is 2.16. The van der Waals surface area contributed by atoms with E-state index in [-0.39, 0.29) is 5.56 Å². The Kier molecular flexibility index (Phi) is 6.44. The van der Waals surface area contributed by atoms with Crippen molar-refractivity contribution in [1.82, 2.24) is 9.55 Å². The van der Waals surface area contributed by atoms with Crippen LogP contribution in [0.1, 0.15) is 18.3 Å². The normalized spacial score (nSPS) is 11.8. The van der Waals surface area contributed by atoms with E-state index in [9.17, 15) is 9.59 Å². The van der Waals surface area contributed by atoms with Crippen molar-refractivity contribution in [1.29, 1.82) is 0 Å². The van der Waals surface area contributed by atoms with Crippen LogP contribution >= 0.6 is 0 Å². The van der Waals surface area contributed by atoms with Crippen LogP contribution < -0.4 is 10.3 Å². The van der Waals surface area contributed by atoms with Crippen molar-refractivity contribution in [2.24, 2.45) is 5.92 Å². The Morgan fingerprint density at radius 2 is 1.83 bits per heavy atom. The third-order valence-corrected chi connectivity index (χ3v) is 4.74. The molecule has 0 fully saturated rings. The third-order valence-electron chi connectivity index (χ3n) is 4.74. The van der Waals surface area contributed by atoms with E-state index in [2.05, 4.69) is 4.98 Å². The Morgan fingerprint density at radius 1 is 1.14 bits per heavy atom. The van der Waals surface area contributed by atoms with Gasteiger partial charge >= 0.3 is 5.97 Å². The Labute approximate surface area is 169 Å². The maximum atomic E-state index is 12.5. The zero-order valence-electron chi connectivity index (χ0n) is 16.5. The van der Waals surface area contributed by atoms with Crippen LogP contribution in [0.15, 0.2) is 65.5 Å². The van der Waals surface area contributed by atoms with Crippen LogP contribution in [0.25, 0.3) is 11.3 Å². The fourth-order valence-electron chi connectivity index (χ4n) is 3.07. The summed E-state index contributed by atoms with van der Waals surface area (Å²) in [4.78, 5) is 28.0. The molecule has 1 atom stereocenters. The number of benzene rings is 2. The van der Waals surface area contributed by atoms with E-state index in [0.29, 0.717) is 36.8 Å². The molecule has 0 saturated carbocycles. The van der Waals surface area contributed by atoms with Crippen molar-refractivity contribution in [3.05, 3.63) is 82.4 Å². The summed E-state index contributed by atoms with van der Waals surface area (Å²) in [6.45, 7) is 4.22. The van der Waals surface area contributed by atoms with Crippen molar-refractivity contribution in [2.45, 2.75) is 26.8 Å². The third kappa shape index (κ3) is 5.31. The Balaban J connectivity index is 1.60. The number of aliphatic carboxylic acids is 1. The maximum Gasteiger partial charge on any atom is 0.306 e. The Hall–Kier alpha value is -3.41. The first-order chi connectivity index (χ1) is 13.9. The largest absolute Gasteiger partial charge is 0.492 e. The first-order valence-electron chi connectivity index (χ1n) is 9.52. The zero-order valence-corrected chi connectivity index (χ0v) is 16.5. The average molecular weight is 392 g/mol. The lowest BCUT2D eigenvalue weighted by molar-refractivity contribution is -0.141. The van der Waals surface area contributed by atoms with Gasteiger partial charge in [-0.15, -0.1) is 0 Å². The van der Waals surface area contributed by atoms with Crippen LogP contribution in [0.5, 0.6) is 5.75 Å². The van der Waals surface area contributed by atoms with Crippen molar-refractivity contribution in [3.8, 4) is 17.0 Å². The quantitative estimate of drug-likeness (QED) is 0.634. The summed E-state index contributed by atoms with van der Waals surface area (Å²) in [7, 11) is 0. The highest BCUT2D eigenvalue weighted by Gasteiger charge is 2.11. The van der Waals surface area contributed by atoms with Crippen LogP contribution in [0.4, 0.5) is 0 Å².